The van der Waals surface area contributed by atoms with Crippen LogP contribution in [-0.4, -0.2) is 15.0 Å². The van der Waals surface area contributed by atoms with Crippen molar-refractivity contribution in [3.63, 3.8) is 0 Å². The largest absolute Gasteiger partial charge is 0.221 e. The van der Waals surface area contributed by atoms with Gasteiger partial charge in [-0.1, -0.05) is 5.21 Å². The Kier molecular flexibility index (Phi) is 1.99. The fraction of sp³-hybridized carbons (Fsp3) is 0.100. The van der Waals surface area contributed by atoms with E-state index in [1.165, 1.54) is 0 Å². The third-order valence-electron chi connectivity index (χ3n) is 2.00. The van der Waals surface area contributed by atoms with Crippen LogP contribution in [0.3, 0.4) is 0 Å². The molecule has 0 unspecified atom stereocenters. The van der Waals surface area contributed by atoms with Crippen molar-refractivity contribution < 1.29 is 0 Å². The zero-order chi connectivity index (χ0) is 9.97. The molecule has 0 radical (unpaired) electrons. The average molecular weight is 184 g/mol. The van der Waals surface area contributed by atoms with E-state index in [2.05, 4.69) is 16.4 Å². The van der Waals surface area contributed by atoms with Crippen molar-refractivity contribution in [3.05, 3.63) is 41.7 Å². The molecular weight excluding hydrogens is 176 g/mol. The molecule has 0 N–H and O–H groups in total. The topological polar surface area (TPSA) is 54.5 Å². The zero-order valence-corrected chi connectivity index (χ0v) is 7.68. The third kappa shape index (κ3) is 1.36. The van der Waals surface area contributed by atoms with Crippen molar-refractivity contribution in [2.45, 2.75) is 6.92 Å². The number of nitriles is 1. The van der Waals surface area contributed by atoms with Gasteiger partial charge in [0.1, 0.15) is 0 Å². The molecule has 68 valence electrons. The first-order valence-corrected chi connectivity index (χ1v) is 4.18. The molecule has 0 atom stereocenters. The van der Waals surface area contributed by atoms with Crippen LogP contribution in [0.2, 0.25) is 0 Å². The molecule has 0 aliphatic heterocycles. The third-order valence-corrected chi connectivity index (χ3v) is 2.00. The number of rotatable bonds is 1. The summed E-state index contributed by atoms with van der Waals surface area (Å²) in [5.41, 5.74) is 2.61. The molecule has 1 aromatic heterocycles. The number of hydrogen-bond acceptors (Lipinski definition) is 3. The summed E-state index contributed by atoms with van der Waals surface area (Å²) >= 11 is 0. The Hall–Kier alpha value is -2.15. The Morgan fingerprint density at radius 3 is 2.86 bits per heavy atom. The van der Waals surface area contributed by atoms with Crippen molar-refractivity contribution in [1.82, 2.24) is 15.0 Å². The van der Waals surface area contributed by atoms with Gasteiger partial charge in [-0.3, -0.25) is 0 Å². The van der Waals surface area contributed by atoms with Crippen molar-refractivity contribution in [2.75, 3.05) is 0 Å². The smallest absolute Gasteiger partial charge is 0.0991 e. The molecule has 2 aromatic rings. The lowest BCUT2D eigenvalue weighted by molar-refractivity contribution is 0.798. The standard InChI is InChI=1S/C10H8N4/c1-8-6-9(7-11)2-3-10(8)14-5-4-12-13-14/h2-6H,1H3. The van der Waals surface area contributed by atoms with Crippen molar-refractivity contribution in [1.29, 1.82) is 5.26 Å². The molecule has 1 heterocycles. The molecule has 14 heavy (non-hydrogen) atoms. The van der Waals surface area contributed by atoms with Gasteiger partial charge in [-0.25, -0.2) is 4.68 Å². The van der Waals surface area contributed by atoms with Gasteiger partial charge in [0.15, 0.2) is 0 Å². The molecule has 4 nitrogen and oxygen atoms in total. The van der Waals surface area contributed by atoms with E-state index in [4.69, 9.17) is 5.26 Å². The molecule has 1 aromatic carbocycles. The second-order valence-corrected chi connectivity index (χ2v) is 2.96. The maximum Gasteiger partial charge on any atom is 0.0991 e. The summed E-state index contributed by atoms with van der Waals surface area (Å²) in [5.74, 6) is 0. The summed E-state index contributed by atoms with van der Waals surface area (Å²) in [6.07, 6.45) is 3.39. The van der Waals surface area contributed by atoms with Gasteiger partial charge in [-0.15, -0.1) is 5.10 Å². The minimum absolute atomic E-state index is 0.659. The molecule has 2 rings (SSSR count). The summed E-state index contributed by atoms with van der Waals surface area (Å²) in [7, 11) is 0. The van der Waals surface area contributed by atoms with Gasteiger partial charge in [0, 0.05) is 0 Å². The summed E-state index contributed by atoms with van der Waals surface area (Å²) in [4.78, 5) is 0. The van der Waals surface area contributed by atoms with Crippen LogP contribution < -0.4 is 0 Å². The number of benzene rings is 1. The van der Waals surface area contributed by atoms with Crippen LogP contribution in [0.5, 0.6) is 0 Å². The van der Waals surface area contributed by atoms with E-state index >= 15 is 0 Å². The minimum Gasteiger partial charge on any atom is -0.221 e. The number of hydrogen-bond donors (Lipinski definition) is 0. The van der Waals surface area contributed by atoms with Crippen molar-refractivity contribution in [3.8, 4) is 11.8 Å². The maximum atomic E-state index is 8.70. The lowest BCUT2D eigenvalue weighted by atomic mass is 10.1. The minimum atomic E-state index is 0.659. The van der Waals surface area contributed by atoms with E-state index in [0.717, 1.165) is 11.3 Å². The Labute approximate surface area is 81.4 Å². The first-order valence-electron chi connectivity index (χ1n) is 4.18. The quantitative estimate of drug-likeness (QED) is 0.674. The van der Waals surface area contributed by atoms with Crippen LogP contribution in [-0.2, 0) is 0 Å². The van der Waals surface area contributed by atoms with Crippen molar-refractivity contribution >= 4 is 0 Å². The number of nitrogens with zero attached hydrogens (tertiary/aromatic N) is 4. The highest BCUT2D eigenvalue weighted by molar-refractivity contribution is 5.45. The molecule has 0 bridgehead atoms. The lowest BCUT2D eigenvalue weighted by Crippen LogP contribution is -1.98. The monoisotopic (exact) mass is 184 g/mol. The summed E-state index contributed by atoms with van der Waals surface area (Å²) in [6.45, 7) is 1.94. The normalized spacial score (nSPS) is 9.71. The van der Waals surface area contributed by atoms with Crippen LogP contribution >= 0.6 is 0 Å². The molecule has 0 aliphatic carbocycles. The van der Waals surface area contributed by atoms with Gasteiger partial charge >= 0.3 is 0 Å². The first-order chi connectivity index (χ1) is 6.81. The Bertz CT molecular complexity index is 479. The molecule has 0 saturated heterocycles. The predicted octanol–water partition coefficient (Wildman–Crippen LogP) is 1.45. The second kappa shape index (κ2) is 3.30. The molecule has 0 aliphatic rings. The number of aryl methyl sites for hydroxylation is 1. The van der Waals surface area contributed by atoms with Gasteiger partial charge in [-0.05, 0) is 30.7 Å². The molecule has 0 spiro atoms. The second-order valence-electron chi connectivity index (χ2n) is 2.96. The van der Waals surface area contributed by atoms with Crippen LogP contribution in [0.1, 0.15) is 11.1 Å². The highest BCUT2D eigenvalue weighted by Crippen LogP contribution is 2.13. The van der Waals surface area contributed by atoms with E-state index < -0.39 is 0 Å². The molecule has 0 saturated carbocycles. The van der Waals surface area contributed by atoms with Gasteiger partial charge in [0.25, 0.3) is 0 Å². The highest BCUT2D eigenvalue weighted by Gasteiger charge is 2.01. The van der Waals surface area contributed by atoms with E-state index in [0.29, 0.717) is 5.56 Å². The molecular formula is C10H8N4. The first kappa shape index (κ1) is 8.45. The van der Waals surface area contributed by atoms with Gasteiger partial charge in [0.2, 0.25) is 0 Å². The molecule has 4 heteroatoms. The lowest BCUT2D eigenvalue weighted by Gasteiger charge is -2.04. The van der Waals surface area contributed by atoms with E-state index in [1.807, 2.05) is 19.1 Å². The van der Waals surface area contributed by atoms with E-state index in [1.54, 1.807) is 23.1 Å². The van der Waals surface area contributed by atoms with Crippen LogP contribution in [0.15, 0.2) is 30.6 Å². The van der Waals surface area contributed by atoms with Gasteiger partial charge in [0.05, 0.1) is 29.7 Å². The van der Waals surface area contributed by atoms with Crippen LogP contribution in [0.25, 0.3) is 5.69 Å². The Morgan fingerprint density at radius 1 is 1.43 bits per heavy atom. The fourth-order valence-corrected chi connectivity index (χ4v) is 1.32. The summed E-state index contributed by atoms with van der Waals surface area (Å²) in [5, 5.41) is 16.3. The van der Waals surface area contributed by atoms with E-state index in [-0.39, 0.29) is 0 Å². The summed E-state index contributed by atoms with van der Waals surface area (Å²) < 4.78 is 1.68. The molecule has 0 amide bonds. The Balaban J connectivity index is 2.52. The number of aromatic nitrogens is 3. The predicted molar refractivity (Wildman–Crippen MR) is 50.8 cm³/mol. The van der Waals surface area contributed by atoms with Crippen LogP contribution in [0.4, 0.5) is 0 Å². The fourth-order valence-electron chi connectivity index (χ4n) is 1.32. The highest BCUT2D eigenvalue weighted by atomic mass is 15.4. The summed E-state index contributed by atoms with van der Waals surface area (Å²) in [6, 6.07) is 7.56. The maximum absolute atomic E-state index is 8.70. The zero-order valence-electron chi connectivity index (χ0n) is 7.68. The average Bonchev–Trinajstić information content (AvgIpc) is 2.70. The Morgan fingerprint density at radius 2 is 2.29 bits per heavy atom. The SMILES string of the molecule is Cc1cc(C#N)ccc1-n1ccnn1. The van der Waals surface area contributed by atoms with Crippen LogP contribution in [0, 0.1) is 18.3 Å². The van der Waals surface area contributed by atoms with E-state index in [9.17, 15) is 0 Å². The van der Waals surface area contributed by atoms with Crippen molar-refractivity contribution in [2.24, 2.45) is 0 Å². The van der Waals surface area contributed by atoms with Gasteiger partial charge < -0.3 is 0 Å². The van der Waals surface area contributed by atoms with Gasteiger partial charge in [-0.2, -0.15) is 5.26 Å². The molecule has 0 fully saturated rings.